The third kappa shape index (κ3) is 5.99. The molecule has 0 saturated carbocycles. The van der Waals surface area contributed by atoms with Gasteiger partial charge in [0, 0.05) is 6.04 Å². The number of nitrogens with zero attached hydrogens (tertiary/aromatic N) is 2. The van der Waals surface area contributed by atoms with Gasteiger partial charge in [0.1, 0.15) is 0 Å². The van der Waals surface area contributed by atoms with Crippen LogP contribution in [-0.2, 0) is 0 Å². The van der Waals surface area contributed by atoms with Crippen LogP contribution in [0, 0.1) is 16.7 Å². The monoisotopic (exact) mass is 196 g/mol. The maximum Gasteiger partial charge on any atom is 0.0683 e. The topological polar surface area (TPSA) is 27.0 Å². The van der Waals surface area contributed by atoms with Gasteiger partial charge in [-0.1, -0.05) is 6.42 Å². The Morgan fingerprint density at radius 3 is 2.29 bits per heavy atom. The highest BCUT2D eigenvalue weighted by Gasteiger charge is 2.15. The average molecular weight is 196 g/mol. The van der Waals surface area contributed by atoms with E-state index < -0.39 is 0 Å². The lowest BCUT2D eigenvalue weighted by Crippen LogP contribution is -2.27. The normalized spacial score (nSPS) is 12.1. The van der Waals surface area contributed by atoms with Gasteiger partial charge in [0.15, 0.2) is 0 Å². The van der Waals surface area contributed by atoms with Crippen molar-refractivity contribution in [3.8, 4) is 6.07 Å². The lowest BCUT2D eigenvalue weighted by Gasteiger charge is -2.21. The zero-order valence-electron chi connectivity index (χ0n) is 10.3. The van der Waals surface area contributed by atoms with Crippen LogP contribution >= 0.6 is 0 Å². The summed E-state index contributed by atoms with van der Waals surface area (Å²) in [7, 11) is 2.15. The van der Waals surface area contributed by atoms with E-state index in [1.54, 1.807) is 0 Å². The molecule has 0 spiro atoms. The maximum atomic E-state index is 8.83. The maximum absolute atomic E-state index is 8.83. The lowest BCUT2D eigenvalue weighted by atomic mass is 9.89. The molecule has 14 heavy (non-hydrogen) atoms. The van der Waals surface area contributed by atoms with Crippen LogP contribution in [0.1, 0.15) is 47.0 Å². The van der Waals surface area contributed by atoms with Gasteiger partial charge in [-0.05, 0) is 54.1 Å². The average Bonchev–Trinajstić information content (AvgIpc) is 2.12. The van der Waals surface area contributed by atoms with Crippen LogP contribution in [0.25, 0.3) is 0 Å². The number of rotatable bonds is 6. The van der Waals surface area contributed by atoms with Gasteiger partial charge in [0.2, 0.25) is 0 Å². The van der Waals surface area contributed by atoms with Crippen LogP contribution in [0.4, 0.5) is 0 Å². The van der Waals surface area contributed by atoms with E-state index in [1.807, 2.05) is 13.8 Å². The first kappa shape index (κ1) is 13.4. The van der Waals surface area contributed by atoms with Crippen molar-refractivity contribution in [1.29, 1.82) is 5.26 Å². The van der Waals surface area contributed by atoms with Crippen molar-refractivity contribution in [2.75, 3.05) is 13.6 Å². The molecule has 2 heteroatoms. The van der Waals surface area contributed by atoms with Gasteiger partial charge < -0.3 is 4.90 Å². The summed E-state index contributed by atoms with van der Waals surface area (Å²) in [4.78, 5) is 2.35. The fourth-order valence-electron chi connectivity index (χ4n) is 1.24. The summed E-state index contributed by atoms with van der Waals surface area (Å²) in [5.41, 5.74) is -0.142. The summed E-state index contributed by atoms with van der Waals surface area (Å²) >= 11 is 0. The van der Waals surface area contributed by atoms with Crippen molar-refractivity contribution in [3.05, 3.63) is 0 Å². The molecule has 0 atom stereocenters. The Balaban J connectivity index is 3.53. The van der Waals surface area contributed by atoms with Gasteiger partial charge in [0.25, 0.3) is 0 Å². The molecule has 0 saturated heterocycles. The molecule has 0 aromatic heterocycles. The van der Waals surface area contributed by atoms with Gasteiger partial charge in [-0.3, -0.25) is 0 Å². The zero-order chi connectivity index (χ0) is 11.2. The first-order chi connectivity index (χ1) is 6.39. The quantitative estimate of drug-likeness (QED) is 0.610. The van der Waals surface area contributed by atoms with Crippen molar-refractivity contribution in [1.82, 2.24) is 4.90 Å². The zero-order valence-corrected chi connectivity index (χ0v) is 10.3. The van der Waals surface area contributed by atoms with Crippen molar-refractivity contribution >= 4 is 0 Å². The fraction of sp³-hybridized carbons (Fsp3) is 0.917. The Morgan fingerprint density at radius 1 is 1.29 bits per heavy atom. The van der Waals surface area contributed by atoms with Crippen LogP contribution in [-0.4, -0.2) is 24.5 Å². The van der Waals surface area contributed by atoms with Crippen LogP contribution in [0.5, 0.6) is 0 Å². The summed E-state index contributed by atoms with van der Waals surface area (Å²) in [6, 6.07) is 2.96. The van der Waals surface area contributed by atoms with E-state index in [1.165, 1.54) is 6.42 Å². The molecular formula is C12H24N2. The minimum absolute atomic E-state index is 0.142. The van der Waals surface area contributed by atoms with E-state index >= 15 is 0 Å². The fourth-order valence-corrected chi connectivity index (χ4v) is 1.24. The summed E-state index contributed by atoms with van der Waals surface area (Å²) in [6.45, 7) is 9.58. The van der Waals surface area contributed by atoms with E-state index in [2.05, 4.69) is 31.9 Å². The molecule has 0 aliphatic heterocycles. The summed E-state index contributed by atoms with van der Waals surface area (Å²) < 4.78 is 0. The molecule has 2 nitrogen and oxygen atoms in total. The van der Waals surface area contributed by atoms with E-state index in [9.17, 15) is 0 Å². The predicted octanol–water partition coefficient (Wildman–Crippen LogP) is 3.05. The molecule has 0 unspecified atom stereocenters. The first-order valence-corrected chi connectivity index (χ1v) is 5.50. The molecule has 0 amide bonds. The van der Waals surface area contributed by atoms with Crippen LogP contribution in [0.15, 0.2) is 0 Å². The molecule has 0 heterocycles. The lowest BCUT2D eigenvalue weighted by molar-refractivity contribution is 0.262. The van der Waals surface area contributed by atoms with Crippen molar-refractivity contribution in [3.63, 3.8) is 0 Å². The highest BCUT2D eigenvalue weighted by Crippen LogP contribution is 2.21. The molecule has 82 valence electrons. The molecule has 0 N–H and O–H groups in total. The van der Waals surface area contributed by atoms with E-state index in [0.29, 0.717) is 6.04 Å². The van der Waals surface area contributed by atoms with E-state index in [-0.39, 0.29) is 5.41 Å². The van der Waals surface area contributed by atoms with Gasteiger partial charge in [0.05, 0.1) is 11.5 Å². The van der Waals surface area contributed by atoms with Crippen LogP contribution < -0.4 is 0 Å². The van der Waals surface area contributed by atoms with Gasteiger partial charge in [-0.2, -0.15) is 5.26 Å². The highest BCUT2D eigenvalue weighted by molar-refractivity contribution is 4.91. The summed E-state index contributed by atoms with van der Waals surface area (Å²) in [5, 5.41) is 8.83. The Bertz CT molecular complexity index is 189. The molecule has 0 bridgehead atoms. The van der Waals surface area contributed by atoms with E-state index in [0.717, 1.165) is 19.4 Å². The molecule has 0 aromatic rings. The third-order valence-corrected chi connectivity index (χ3v) is 2.75. The summed E-state index contributed by atoms with van der Waals surface area (Å²) in [6.07, 6.45) is 3.35. The number of nitriles is 1. The van der Waals surface area contributed by atoms with Crippen molar-refractivity contribution in [2.45, 2.75) is 53.0 Å². The summed E-state index contributed by atoms with van der Waals surface area (Å²) in [5.74, 6) is 0. The SMILES string of the molecule is CC(C)N(C)CCCCC(C)(C)C#N. The van der Waals surface area contributed by atoms with Crippen LogP contribution in [0.2, 0.25) is 0 Å². The van der Waals surface area contributed by atoms with Gasteiger partial charge in [-0.15, -0.1) is 0 Å². The number of hydrogen-bond donors (Lipinski definition) is 0. The Morgan fingerprint density at radius 2 is 1.86 bits per heavy atom. The van der Waals surface area contributed by atoms with Crippen molar-refractivity contribution < 1.29 is 0 Å². The Kier molecular flexibility index (Phi) is 5.79. The largest absolute Gasteiger partial charge is 0.304 e. The number of unbranched alkanes of at least 4 members (excludes halogenated alkanes) is 1. The number of hydrogen-bond acceptors (Lipinski definition) is 2. The molecule has 0 radical (unpaired) electrons. The third-order valence-electron chi connectivity index (χ3n) is 2.75. The standard InChI is InChI=1S/C12H24N2/c1-11(2)14(5)9-7-6-8-12(3,4)10-13/h11H,6-9H2,1-5H3. The minimum Gasteiger partial charge on any atom is -0.304 e. The van der Waals surface area contributed by atoms with Gasteiger partial charge in [-0.25, -0.2) is 0 Å². The van der Waals surface area contributed by atoms with E-state index in [4.69, 9.17) is 5.26 Å². The molecular weight excluding hydrogens is 172 g/mol. The molecule has 0 aromatic carbocycles. The second-order valence-electron chi connectivity index (χ2n) is 5.03. The van der Waals surface area contributed by atoms with Crippen LogP contribution in [0.3, 0.4) is 0 Å². The van der Waals surface area contributed by atoms with Crippen molar-refractivity contribution in [2.24, 2.45) is 5.41 Å². The first-order valence-electron chi connectivity index (χ1n) is 5.50. The molecule has 0 fully saturated rings. The smallest absolute Gasteiger partial charge is 0.0683 e. The Hall–Kier alpha value is -0.550. The molecule has 0 aliphatic carbocycles. The minimum atomic E-state index is -0.142. The second kappa shape index (κ2) is 6.03. The Labute approximate surface area is 88.9 Å². The van der Waals surface area contributed by atoms with Gasteiger partial charge >= 0.3 is 0 Å². The highest BCUT2D eigenvalue weighted by atomic mass is 15.1. The molecule has 0 aliphatic rings. The second-order valence-corrected chi connectivity index (χ2v) is 5.03. The predicted molar refractivity (Wildman–Crippen MR) is 61.0 cm³/mol. The molecule has 0 rings (SSSR count).